The van der Waals surface area contributed by atoms with Crippen LogP contribution in [0.1, 0.15) is 12.2 Å². The van der Waals surface area contributed by atoms with E-state index in [4.69, 9.17) is 0 Å². The summed E-state index contributed by atoms with van der Waals surface area (Å²) < 4.78 is 1.63. The van der Waals surface area contributed by atoms with Gasteiger partial charge in [-0.15, -0.1) is 5.10 Å². The van der Waals surface area contributed by atoms with Crippen molar-refractivity contribution in [1.82, 2.24) is 25.5 Å². The minimum absolute atomic E-state index is 0.0495. The third-order valence-electron chi connectivity index (χ3n) is 3.41. The molecule has 1 atom stereocenters. The lowest BCUT2D eigenvalue weighted by Gasteiger charge is -2.11. The minimum Gasteiger partial charge on any atom is -0.326 e. The lowest BCUT2D eigenvalue weighted by molar-refractivity contribution is -0.119. The standard InChI is InChI=1S/C13H16N6O/c1-9-16-17-18-19(9)12-4-2-3-11(7-12)15-13(20)10-5-6-14-8-10/h2-4,7,10,14H,5-6,8H2,1H3,(H,15,20). The summed E-state index contributed by atoms with van der Waals surface area (Å²) in [4.78, 5) is 12.1. The minimum atomic E-state index is 0.0495. The fourth-order valence-corrected chi connectivity index (χ4v) is 2.31. The third-order valence-corrected chi connectivity index (χ3v) is 3.41. The zero-order valence-corrected chi connectivity index (χ0v) is 11.2. The van der Waals surface area contributed by atoms with E-state index in [2.05, 4.69) is 26.2 Å². The second-order valence-electron chi connectivity index (χ2n) is 4.87. The van der Waals surface area contributed by atoms with E-state index in [9.17, 15) is 4.79 Å². The summed E-state index contributed by atoms with van der Waals surface area (Å²) in [5.74, 6) is 0.808. The average Bonchev–Trinajstić information content (AvgIpc) is 3.10. The van der Waals surface area contributed by atoms with Crippen LogP contribution < -0.4 is 10.6 Å². The van der Waals surface area contributed by atoms with Gasteiger partial charge in [0.15, 0.2) is 5.82 Å². The summed E-state index contributed by atoms with van der Waals surface area (Å²) in [6, 6.07) is 7.50. The topological polar surface area (TPSA) is 84.7 Å². The quantitative estimate of drug-likeness (QED) is 0.851. The highest BCUT2D eigenvalue weighted by Gasteiger charge is 2.22. The lowest BCUT2D eigenvalue weighted by atomic mass is 10.1. The molecule has 104 valence electrons. The molecule has 1 aliphatic rings. The zero-order chi connectivity index (χ0) is 13.9. The number of carbonyl (C=O) groups excluding carboxylic acids is 1. The number of hydrogen-bond acceptors (Lipinski definition) is 5. The molecule has 1 amide bonds. The van der Waals surface area contributed by atoms with Gasteiger partial charge in [0.05, 0.1) is 11.6 Å². The first-order valence-corrected chi connectivity index (χ1v) is 6.61. The molecule has 0 radical (unpaired) electrons. The van der Waals surface area contributed by atoms with E-state index in [0.717, 1.165) is 30.9 Å². The first kappa shape index (κ1) is 12.7. The van der Waals surface area contributed by atoms with Gasteiger partial charge in [-0.25, -0.2) is 0 Å². The van der Waals surface area contributed by atoms with E-state index in [1.807, 2.05) is 31.2 Å². The molecule has 1 fully saturated rings. The Bertz CT molecular complexity index is 617. The monoisotopic (exact) mass is 272 g/mol. The highest BCUT2D eigenvalue weighted by molar-refractivity contribution is 5.93. The number of benzene rings is 1. The van der Waals surface area contributed by atoms with Crippen LogP contribution in [0.3, 0.4) is 0 Å². The SMILES string of the molecule is Cc1nnnn1-c1cccc(NC(=O)C2CCNC2)c1. The summed E-state index contributed by atoms with van der Waals surface area (Å²) in [6.07, 6.45) is 0.887. The summed E-state index contributed by atoms with van der Waals surface area (Å²) in [5.41, 5.74) is 1.59. The molecule has 1 unspecified atom stereocenters. The summed E-state index contributed by atoms with van der Waals surface area (Å²) in [7, 11) is 0. The smallest absolute Gasteiger partial charge is 0.228 e. The number of carbonyl (C=O) groups is 1. The Morgan fingerprint density at radius 1 is 1.50 bits per heavy atom. The number of nitrogens with one attached hydrogen (secondary N) is 2. The number of tetrazole rings is 1. The van der Waals surface area contributed by atoms with Gasteiger partial charge in [-0.2, -0.15) is 4.68 Å². The maximum absolute atomic E-state index is 12.1. The molecule has 1 saturated heterocycles. The van der Waals surface area contributed by atoms with Gasteiger partial charge in [0.1, 0.15) is 0 Å². The van der Waals surface area contributed by atoms with Crippen molar-refractivity contribution in [2.24, 2.45) is 5.92 Å². The normalized spacial score (nSPS) is 18.1. The van der Waals surface area contributed by atoms with Crippen molar-refractivity contribution in [3.8, 4) is 5.69 Å². The van der Waals surface area contributed by atoms with Crippen molar-refractivity contribution in [2.45, 2.75) is 13.3 Å². The molecule has 3 rings (SSSR count). The van der Waals surface area contributed by atoms with Crippen molar-refractivity contribution in [1.29, 1.82) is 0 Å². The van der Waals surface area contributed by atoms with Crippen LogP contribution in [0, 0.1) is 12.8 Å². The van der Waals surface area contributed by atoms with E-state index in [-0.39, 0.29) is 11.8 Å². The molecule has 0 spiro atoms. The van der Waals surface area contributed by atoms with Crippen LogP contribution in [-0.2, 0) is 4.79 Å². The van der Waals surface area contributed by atoms with Crippen LogP contribution in [0.4, 0.5) is 5.69 Å². The predicted molar refractivity (Wildman–Crippen MR) is 73.5 cm³/mol. The number of rotatable bonds is 3. The van der Waals surface area contributed by atoms with Gasteiger partial charge >= 0.3 is 0 Å². The molecule has 1 aromatic heterocycles. The maximum Gasteiger partial charge on any atom is 0.228 e. The molecule has 2 aromatic rings. The van der Waals surface area contributed by atoms with E-state index in [1.165, 1.54) is 0 Å². The molecular weight excluding hydrogens is 256 g/mol. The van der Waals surface area contributed by atoms with Crippen LogP contribution in [0.15, 0.2) is 24.3 Å². The van der Waals surface area contributed by atoms with E-state index in [1.54, 1.807) is 4.68 Å². The van der Waals surface area contributed by atoms with Crippen LogP contribution >= 0.6 is 0 Å². The van der Waals surface area contributed by atoms with Gasteiger partial charge in [0.2, 0.25) is 5.91 Å². The van der Waals surface area contributed by atoms with E-state index < -0.39 is 0 Å². The lowest BCUT2D eigenvalue weighted by Crippen LogP contribution is -2.24. The summed E-state index contributed by atoms with van der Waals surface area (Å²) >= 11 is 0. The molecule has 1 aromatic carbocycles. The van der Waals surface area contributed by atoms with Crippen LogP contribution in [0.25, 0.3) is 5.69 Å². The fourth-order valence-electron chi connectivity index (χ4n) is 2.31. The Balaban J connectivity index is 1.78. The Hall–Kier alpha value is -2.28. The van der Waals surface area contributed by atoms with Crippen molar-refractivity contribution >= 4 is 11.6 Å². The van der Waals surface area contributed by atoms with Crippen molar-refractivity contribution in [2.75, 3.05) is 18.4 Å². The van der Waals surface area contributed by atoms with Crippen LogP contribution in [-0.4, -0.2) is 39.2 Å². The molecule has 0 aliphatic carbocycles. The Kier molecular flexibility index (Phi) is 3.42. The Labute approximate surface area is 116 Å². The predicted octanol–water partition coefficient (Wildman–Crippen LogP) is 0.519. The number of nitrogens with zero attached hydrogens (tertiary/aromatic N) is 4. The van der Waals surface area contributed by atoms with Crippen molar-refractivity contribution in [3.05, 3.63) is 30.1 Å². The van der Waals surface area contributed by atoms with Crippen LogP contribution in [0.2, 0.25) is 0 Å². The zero-order valence-electron chi connectivity index (χ0n) is 11.2. The molecule has 0 saturated carbocycles. The first-order chi connectivity index (χ1) is 9.74. The highest BCUT2D eigenvalue weighted by Crippen LogP contribution is 2.17. The number of aryl methyl sites for hydroxylation is 1. The second kappa shape index (κ2) is 5.38. The molecule has 1 aliphatic heterocycles. The number of anilines is 1. The Morgan fingerprint density at radius 2 is 2.40 bits per heavy atom. The largest absolute Gasteiger partial charge is 0.326 e. The van der Waals surface area contributed by atoms with Gasteiger partial charge in [-0.05, 0) is 48.5 Å². The van der Waals surface area contributed by atoms with Gasteiger partial charge < -0.3 is 10.6 Å². The van der Waals surface area contributed by atoms with Crippen molar-refractivity contribution in [3.63, 3.8) is 0 Å². The summed E-state index contributed by atoms with van der Waals surface area (Å²) in [5, 5.41) is 17.5. The number of aromatic nitrogens is 4. The molecule has 7 nitrogen and oxygen atoms in total. The molecule has 2 N–H and O–H groups in total. The van der Waals surface area contributed by atoms with Gasteiger partial charge in [0, 0.05) is 12.2 Å². The second-order valence-corrected chi connectivity index (χ2v) is 4.87. The molecule has 2 heterocycles. The average molecular weight is 272 g/mol. The van der Waals surface area contributed by atoms with E-state index >= 15 is 0 Å². The summed E-state index contributed by atoms with van der Waals surface area (Å²) in [6.45, 7) is 3.48. The maximum atomic E-state index is 12.1. The van der Waals surface area contributed by atoms with Gasteiger partial charge in [-0.1, -0.05) is 6.07 Å². The fraction of sp³-hybridized carbons (Fsp3) is 0.385. The van der Waals surface area contributed by atoms with Gasteiger partial charge in [0.25, 0.3) is 0 Å². The van der Waals surface area contributed by atoms with Crippen molar-refractivity contribution < 1.29 is 4.79 Å². The first-order valence-electron chi connectivity index (χ1n) is 6.61. The number of hydrogen-bond donors (Lipinski definition) is 2. The van der Waals surface area contributed by atoms with E-state index in [0.29, 0.717) is 5.82 Å². The van der Waals surface area contributed by atoms with Gasteiger partial charge in [-0.3, -0.25) is 4.79 Å². The molecule has 20 heavy (non-hydrogen) atoms. The highest BCUT2D eigenvalue weighted by atomic mass is 16.1. The number of amides is 1. The third kappa shape index (κ3) is 2.53. The molecular formula is C13H16N6O. The van der Waals surface area contributed by atoms with Crippen LogP contribution in [0.5, 0.6) is 0 Å². The molecule has 7 heteroatoms. The Morgan fingerprint density at radius 3 is 3.10 bits per heavy atom. The molecule has 0 bridgehead atoms.